The largest absolute Gasteiger partial charge is 0.288 e. The standard InChI is InChI=1S/C11H4Br3FOS/c12-5-1-2-8(15)6(3-5)10(16)7-4-9(13)17-11(7)14/h1-4H. The van der Waals surface area contributed by atoms with Gasteiger partial charge in [-0.15, -0.1) is 11.3 Å². The van der Waals surface area contributed by atoms with E-state index in [4.69, 9.17) is 0 Å². The Morgan fingerprint density at radius 2 is 1.82 bits per heavy atom. The molecule has 1 heterocycles. The Bertz CT molecular complexity index is 594. The lowest BCUT2D eigenvalue weighted by atomic mass is 10.1. The Labute approximate surface area is 126 Å². The molecule has 2 aromatic rings. The van der Waals surface area contributed by atoms with E-state index < -0.39 is 5.82 Å². The lowest BCUT2D eigenvalue weighted by molar-refractivity contribution is 0.103. The van der Waals surface area contributed by atoms with Crippen molar-refractivity contribution in [1.29, 1.82) is 0 Å². The van der Waals surface area contributed by atoms with E-state index in [-0.39, 0.29) is 11.3 Å². The molecule has 0 bridgehead atoms. The smallest absolute Gasteiger partial charge is 0.198 e. The summed E-state index contributed by atoms with van der Waals surface area (Å²) in [4.78, 5) is 12.1. The van der Waals surface area contributed by atoms with Crippen LogP contribution in [-0.4, -0.2) is 5.78 Å². The highest BCUT2D eigenvalue weighted by Crippen LogP contribution is 2.33. The van der Waals surface area contributed by atoms with Crippen molar-refractivity contribution < 1.29 is 9.18 Å². The summed E-state index contributed by atoms with van der Waals surface area (Å²) >= 11 is 11.2. The normalized spacial score (nSPS) is 10.6. The molecule has 0 amide bonds. The molecule has 0 spiro atoms. The second-order valence-electron chi connectivity index (χ2n) is 3.19. The first-order valence-electron chi connectivity index (χ1n) is 4.43. The zero-order chi connectivity index (χ0) is 12.6. The van der Waals surface area contributed by atoms with E-state index >= 15 is 0 Å². The number of hydrogen-bond acceptors (Lipinski definition) is 2. The highest BCUT2D eigenvalue weighted by molar-refractivity contribution is 9.12. The van der Waals surface area contributed by atoms with E-state index in [1.165, 1.54) is 23.5 Å². The summed E-state index contributed by atoms with van der Waals surface area (Å²) in [5.41, 5.74) is 0.518. The fourth-order valence-corrected chi connectivity index (χ4v) is 4.47. The van der Waals surface area contributed by atoms with Crippen LogP contribution in [0.5, 0.6) is 0 Å². The van der Waals surface area contributed by atoms with Gasteiger partial charge in [0, 0.05) is 10.0 Å². The van der Waals surface area contributed by atoms with Crippen LogP contribution in [0.3, 0.4) is 0 Å². The molecule has 0 saturated heterocycles. The summed E-state index contributed by atoms with van der Waals surface area (Å²) in [7, 11) is 0. The van der Waals surface area contributed by atoms with Crippen molar-refractivity contribution in [2.45, 2.75) is 0 Å². The first-order valence-corrected chi connectivity index (χ1v) is 7.63. The van der Waals surface area contributed by atoms with E-state index in [0.29, 0.717) is 13.8 Å². The molecule has 0 N–H and O–H groups in total. The van der Waals surface area contributed by atoms with Crippen molar-refractivity contribution in [2.75, 3.05) is 0 Å². The Hall–Kier alpha value is -0.0400. The first kappa shape index (κ1) is 13.4. The number of thiophene rings is 1. The second-order valence-corrected chi connectivity index (χ2v) is 7.86. The topological polar surface area (TPSA) is 17.1 Å². The van der Waals surface area contributed by atoms with Gasteiger partial charge in [0.15, 0.2) is 5.78 Å². The molecule has 1 aromatic carbocycles. The van der Waals surface area contributed by atoms with E-state index in [1.807, 2.05) is 0 Å². The summed E-state index contributed by atoms with van der Waals surface area (Å²) in [5.74, 6) is -0.856. The van der Waals surface area contributed by atoms with E-state index in [0.717, 1.165) is 3.79 Å². The van der Waals surface area contributed by atoms with Crippen molar-refractivity contribution in [1.82, 2.24) is 0 Å². The molecule has 6 heteroatoms. The number of halogens is 4. The summed E-state index contributed by atoms with van der Waals surface area (Å²) in [6, 6.07) is 5.99. The van der Waals surface area contributed by atoms with Crippen LogP contribution >= 0.6 is 59.1 Å². The molecular weight excluding hydrogens is 439 g/mol. The minimum absolute atomic E-state index is 0.0605. The third-order valence-corrected chi connectivity index (χ3v) is 4.91. The fraction of sp³-hybridized carbons (Fsp3) is 0. The van der Waals surface area contributed by atoms with E-state index in [1.54, 1.807) is 12.1 Å². The number of ketones is 1. The maximum Gasteiger partial charge on any atom is 0.198 e. The molecule has 0 radical (unpaired) electrons. The monoisotopic (exact) mass is 440 g/mol. The molecule has 0 aliphatic heterocycles. The number of carbonyl (C=O) groups excluding carboxylic acids is 1. The van der Waals surface area contributed by atoms with Crippen LogP contribution in [0.25, 0.3) is 0 Å². The maximum absolute atomic E-state index is 13.6. The third kappa shape index (κ3) is 2.86. The third-order valence-electron chi connectivity index (χ3n) is 2.07. The van der Waals surface area contributed by atoms with Crippen LogP contribution in [0.15, 0.2) is 36.3 Å². The fourth-order valence-electron chi connectivity index (χ4n) is 1.31. The quantitative estimate of drug-likeness (QED) is 0.569. The SMILES string of the molecule is O=C(c1cc(Br)ccc1F)c1cc(Br)sc1Br. The molecule has 17 heavy (non-hydrogen) atoms. The van der Waals surface area contributed by atoms with Crippen molar-refractivity contribution in [2.24, 2.45) is 0 Å². The van der Waals surface area contributed by atoms with Crippen LogP contribution in [0.2, 0.25) is 0 Å². The van der Waals surface area contributed by atoms with Gasteiger partial charge >= 0.3 is 0 Å². The van der Waals surface area contributed by atoms with Crippen molar-refractivity contribution in [3.8, 4) is 0 Å². The lowest BCUT2D eigenvalue weighted by Crippen LogP contribution is -2.03. The summed E-state index contributed by atoms with van der Waals surface area (Å²) in [6.45, 7) is 0. The number of rotatable bonds is 2. The van der Waals surface area contributed by atoms with Gasteiger partial charge in [0.2, 0.25) is 0 Å². The number of hydrogen-bond donors (Lipinski definition) is 0. The number of benzene rings is 1. The molecule has 2 rings (SSSR count). The Kier molecular flexibility index (Phi) is 4.18. The lowest BCUT2D eigenvalue weighted by Gasteiger charge is -2.02. The average molecular weight is 443 g/mol. The summed E-state index contributed by atoms with van der Waals surface area (Å²) < 4.78 is 15.8. The summed E-state index contributed by atoms with van der Waals surface area (Å²) in [5, 5.41) is 0. The second kappa shape index (κ2) is 5.30. The van der Waals surface area contributed by atoms with Gasteiger partial charge in [-0.3, -0.25) is 4.79 Å². The zero-order valence-corrected chi connectivity index (χ0v) is 13.7. The molecule has 0 fully saturated rings. The van der Waals surface area contributed by atoms with E-state index in [2.05, 4.69) is 47.8 Å². The van der Waals surface area contributed by atoms with Gasteiger partial charge in [-0.2, -0.15) is 0 Å². The van der Waals surface area contributed by atoms with Crippen LogP contribution in [-0.2, 0) is 0 Å². The van der Waals surface area contributed by atoms with Crippen LogP contribution in [0.4, 0.5) is 4.39 Å². The molecule has 0 aliphatic carbocycles. The van der Waals surface area contributed by atoms with Crippen LogP contribution in [0, 0.1) is 5.82 Å². The molecular formula is C11H4Br3FOS. The highest BCUT2D eigenvalue weighted by Gasteiger charge is 2.19. The van der Waals surface area contributed by atoms with Crippen molar-refractivity contribution >= 4 is 64.9 Å². The molecule has 88 valence electrons. The molecule has 0 aliphatic rings. The molecule has 1 nitrogen and oxygen atoms in total. The minimum atomic E-state index is -0.521. The van der Waals surface area contributed by atoms with Gasteiger partial charge in [0.1, 0.15) is 5.82 Å². The predicted octanol–water partition coefficient (Wildman–Crippen LogP) is 5.41. The van der Waals surface area contributed by atoms with Gasteiger partial charge in [0.05, 0.1) is 13.1 Å². The maximum atomic E-state index is 13.6. The van der Waals surface area contributed by atoms with Crippen LogP contribution in [0.1, 0.15) is 15.9 Å². The predicted molar refractivity (Wildman–Crippen MR) is 77.3 cm³/mol. The van der Waals surface area contributed by atoms with Gasteiger partial charge in [-0.05, 0) is 56.1 Å². The van der Waals surface area contributed by atoms with Gasteiger partial charge in [-0.25, -0.2) is 4.39 Å². The molecule has 1 aromatic heterocycles. The number of carbonyl (C=O) groups is 1. The molecule has 0 saturated carbocycles. The Balaban J connectivity index is 2.50. The van der Waals surface area contributed by atoms with Gasteiger partial charge in [0.25, 0.3) is 0 Å². The highest BCUT2D eigenvalue weighted by atomic mass is 79.9. The average Bonchev–Trinajstić information content (AvgIpc) is 2.60. The minimum Gasteiger partial charge on any atom is -0.288 e. The zero-order valence-electron chi connectivity index (χ0n) is 8.14. The van der Waals surface area contributed by atoms with Crippen molar-refractivity contribution in [3.05, 3.63) is 53.3 Å². The molecule has 0 atom stereocenters. The van der Waals surface area contributed by atoms with E-state index in [9.17, 15) is 9.18 Å². The first-order chi connectivity index (χ1) is 7.99. The van der Waals surface area contributed by atoms with Gasteiger partial charge < -0.3 is 0 Å². The Morgan fingerprint density at radius 1 is 1.12 bits per heavy atom. The molecule has 0 unspecified atom stereocenters. The summed E-state index contributed by atoms with van der Waals surface area (Å²) in [6.07, 6.45) is 0. The van der Waals surface area contributed by atoms with Crippen molar-refractivity contribution in [3.63, 3.8) is 0 Å². The van der Waals surface area contributed by atoms with Gasteiger partial charge in [-0.1, -0.05) is 15.9 Å². The Morgan fingerprint density at radius 3 is 2.41 bits per heavy atom. The van der Waals surface area contributed by atoms with Crippen LogP contribution < -0.4 is 0 Å².